The predicted molar refractivity (Wildman–Crippen MR) is 120 cm³/mol. The Hall–Kier alpha value is -2.45. The van der Waals surface area contributed by atoms with Crippen LogP contribution in [0.25, 0.3) is 0 Å². The molecule has 0 saturated carbocycles. The normalized spacial score (nSPS) is 20.9. The van der Waals surface area contributed by atoms with Crippen molar-refractivity contribution < 1.29 is 24.6 Å². The number of hydrogen-bond donors (Lipinski definition) is 4. The molecule has 1 fully saturated rings. The minimum absolute atomic E-state index is 0.214. The van der Waals surface area contributed by atoms with Gasteiger partial charge in [0, 0.05) is 13.0 Å². The van der Waals surface area contributed by atoms with Crippen molar-refractivity contribution in [3.8, 4) is 0 Å². The van der Waals surface area contributed by atoms with E-state index in [2.05, 4.69) is 10.6 Å². The number of carboxylic acids is 2. The molecule has 3 rings (SSSR count). The molecule has 0 bridgehead atoms. The van der Waals surface area contributed by atoms with Gasteiger partial charge in [-0.3, -0.25) is 14.9 Å². The van der Waals surface area contributed by atoms with Crippen LogP contribution in [0.3, 0.4) is 0 Å². The van der Waals surface area contributed by atoms with Gasteiger partial charge in [0.2, 0.25) is 5.91 Å². The summed E-state index contributed by atoms with van der Waals surface area (Å²) in [5, 5.41) is 25.6. The fraction of sp³-hybridized carbons (Fsp3) is 0.625. The molecule has 2 heterocycles. The average Bonchev–Trinajstić information content (AvgIpc) is 2.80. The summed E-state index contributed by atoms with van der Waals surface area (Å²) in [6.07, 6.45) is 5.92. The van der Waals surface area contributed by atoms with Gasteiger partial charge in [-0.1, -0.05) is 43.5 Å². The molecular formula is C24H35N3O5. The van der Waals surface area contributed by atoms with Gasteiger partial charge in [0.1, 0.15) is 12.1 Å². The van der Waals surface area contributed by atoms with Crippen LogP contribution in [0, 0.1) is 5.92 Å². The monoisotopic (exact) mass is 445 g/mol. The Morgan fingerprint density at radius 1 is 1.12 bits per heavy atom. The van der Waals surface area contributed by atoms with E-state index >= 15 is 0 Å². The largest absolute Gasteiger partial charge is 0.480 e. The highest BCUT2D eigenvalue weighted by Gasteiger charge is 2.37. The van der Waals surface area contributed by atoms with Crippen LogP contribution >= 0.6 is 0 Å². The van der Waals surface area contributed by atoms with Gasteiger partial charge < -0.3 is 20.4 Å². The summed E-state index contributed by atoms with van der Waals surface area (Å²) in [4.78, 5) is 38.1. The maximum absolute atomic E-state index is 13.1. The fourth-order valence-corrected chi connectivity index (χ4v) is 4.83. The Morgan fingerprint density at radius 2 is 1.81 bits per heavy atom. The summed E-state index contributed by atoms with van der Waals surface area (Å²) < 4.78 is 0. The number of benzene rings is 1. The van der Waals surface area contributed by atoms with Gasteiger partial charge in [0.05, 0.1) is 6.04 Å². The molecule has 2 aliphatic heterocycles. The summed E-state index contributed by atoms with van der Waals surface area (Å²) in [6, 6.07) is 4.95. The number of carbonyl (C=O) groups excluding carboxylic acids is 1. The third kappa shape index (κ3) is 6.29. The second kappa shape index (κ2) is 11.4. The van der Waals surface area contributed by atoms with Gasteiger partial charge in [-0.25, -0.2) is 4.79 Å². The molecule has 176 valence electrons. The Morgan fingerprint density at radius 3 is 2.47 bits per heavy atom. The van der Waals surface area contributed by atoms with E-state index < -0.39 is 30.1 Å². The molecule has 3 atom stereocenters. The van der Waals surface area contributed by atoms with Gasteiger partial charge in [-0.2, -0.15) is 0 Å². The predicted octanol–water partition coefficient (Wildman–Crippen LogP) is 2.02. The van der Waals surface area contributed by atoms with Crippen molar-refractivity contribution in [1.82, 2.24) is 15.5 Å². The number of nitrogens with one attached hydrogen (secondary N) is 2. The van der Waals surface area contributed by atoms with Crippen molar-refractivity contribution in [3.05, 3.63) is 35.4 Å². The van der Waals surface area contributed by atoms with Crippen LogP contribution in [0.1, 0.15) is 56.6 Å². The lowest BCUT2D eigenvalue weighted by molar-refractivity contribution is -0.152. The lowest BCUT2D eigenvalue weighted by Crippen LogP contribution is -2.56. The third-order valence-electron chi connectivity index (χ3n) is 6.75. The molecule has 0 radical (unpaired) electrons. The zero-order valence-electron chi connectivity index (χ0n) is 18.8. The number of unbranched alkanes of at least 4 members (excludes halogenated alkanes) is 1. The van der Waals surface area contributed by atoms with Crippen molar-refractivity contribution in [2.75, 3.05) is 13.1 Å². The maximum Gasteiger partial charge on any atom is 0.326 e. The molecule has 1 saturated heterocycles. The summed E-state index contributed by atoms with van der Waals surface area (Å²) in [5.41, 5.74) is 1.86. The Labute approximate surface area is 189 Å². The topological polar surface area (TPSA) is 119 Å². The van der Waals surface area contributed by atoms with Gasteiger partial charge in [-0.15, -0.1) is 0 Å². The molecule has 4 N–H and O–H groups in total. The lowest BCUT2D eigenvalue weighted by atomic mass is 9.91. The zero-order chi connectivity index (χ0) is 23.1. The number of carbonyl (C=O) groups is 3. The standard InChI is InChI=1S/C24H35N3O5/c1-16(26-20(23(29)30)9-5-2-6-17-10-12-25-13-11-17)22(28)27-15-19-8-4-3-7-18(19)14-21(27)24(31)32/h3-4,7-8,16-17,20-21,25-26H,2,5-6,9-15H2,1H3,(H,29,30)(H,31,32)/t16-,20-,21-/m0/s1. The highest BCUT2D eigenvalue weighted by atomic mass is 16.4. The molecule has 1 aromatic carbocycles. The number of aliphatic carboxylic acids is 2. The summed E-state index contributed by atoms with van der Waals surface area (Å²) in [5.74, 6) is -1.70. The Balaban J connectivity index is 1.55. The highest BCUT2D eigenvalue weighted by molar-refractivity contribution is 5.88. The Kier molecular flexibility index (Phi) is 8.64. The van der Waals surface area contributed by atoms with E-state index in [-0.39, 0.29) is 18.9 Å². The van der Waals surface area contributed by atoms with E-state index in [4.69, 9.17) is 0 Å². The summed E-state index contributed by atoms with van der Waals surface area (Å²) in [7, 11) is 0. The number of fused-ring (bicyclic) bond motifs is 1. The minimum Gasteiger partial charge on any atom is -0.480 e. The first-order valence-corrected chi connectivity index (χ1v) is 11.7. The average molecular weight is 446 g/mol. The number of carboxylic acid groups (broad SMARTS) is 2. The highest BCUT2D eigenvalue weighted by Crippen LogP contribution is 2.24. The molecule has 2 aliphatic rings. The first-order chi connectivity index (χ1) is 15.4. The van der Waals surface area contributed by atoms with Crippen LogP contribution in [0.5, 0.6) is 0 Å². The number of nitrogens with zero attached hydrogens (tertiary/aromatic N) is 1. The van der Waals surface area contributed by atoms with E-state index in [1.165, 1.54) is 17.7 Å². The van der Waals surface area contributed by atoms with E-state index in [0.717, 1.165) is 43.5 Å². The van der Waals surface area contributed by atoms with Crippen molar-refractivity contribution in [1.29, 1.82) is 0 Å². The summed E-state index contributed by atoms with van der Waals surface area (Å²) in [6.45, 7) is 3.95. The zero-order valence-corrected chi connectivity index (χ0v) is 18.8. The van der Waals surface area contributed by atoms with E-state index in [9.17, 15) is 24.6 Å². The van der Waals surface area contributed by atoms with Crippen LogP contribution < -0.4 is 10.6 Å². The van der Waals surface area contributed by atoms with E-state index in [0.29, 0.717) is 12.3 Å². The molecule has 8 nitrogen and oxygen atoms in total. The van der Waals surface area contributed by atoms with Crippen molar-refractivity contribution in [3.63, 3.8) is 0 Å². The first-order valence-electron chi connectivity index (χ1n) is 11.7. The third-order valence-corrected chi connectivity index (χ3v) is 6.75. The second-order valence-electron chi connectivity index (χ2n) is 9.05. The van der Waals surface area contributed by atoms with Crippen molar-refractivity contribution in [2.24, 2.45) is 5.92 Å². The molecule has 1 aromatic rings. The Bertz CT molecular complexity index is 809. The molecule has 0 unspecified atom stereocenters. The number of rotatable bonds is 10. The van der Waals surface area contributed by atoms with Gasteiger partial charge in [0.15, 0.2) is 0 Å². The van der Waals surface area contributed by atoms with E-state index in [1.54, 1.807) is 6.92 Å². The van der Waals surface area contributed by atoms with Crippen LogP contribution in [0.15, 0.2) is 24.3 Å². The summed E-state index contributed by atoms with van der Waals surface area (Å²) >= 11 is 0. The minimum atomic E-state index is -1.05. The molecule has 0 aliphatic carbocycles. The quantitative estimate of drug-likeness (QED) is 0.407. The van der Waals surface area contributed by atoms with E-state index in [1.807, 2.05) is 24.3 Å². The molecule has 0 spiro atoms. The first kappa shape index (κ1) is 24.2. The molecule has 0 aromatic heterocycles. The number of piperidine rings is 1. The van der Waals surface area contributed by atoms with Gasteiger partial charge in [-0.05, 0) is 56.3 Å². The van der Waals surface area contributed by atoms with Crippen LogP contribution in [0.2, 0.25) is 0 Å². The maximum atomic E-state index is 13.1. The van der Waals surface area contributed by atoms with Crippen LogP contribution in [-0.2, 0) is 27.3 Å². The lowest BCUT2D eigenvalue weighted by Gasteiger charge is -2.36. The molecular weight excluding hydrogens is 410 g/mol. The molecule has 32 heavy (non-hydrogen) atoms. The van der Waals surface area contributed by atoms with Crippen molar-refractivity contribution >= 4 is 17.8 Å². The molecule has 8 heteroatoms. The van der Waals surface area contributed by atoms with Crippen molar-refractivity contribution in [2.45, 2.75) is 76.5 Å². The molecule has 1 amide bonds. The fourth-order valence-electron chi connectivity index (χ4n) is 4.83. The van der Waals surface area contributed by atoms with Gasteiger partial charge >= 0.3 is 11.9 Å². The van der Waals surface area contributed by atoms with Gasteiger partial charge in [0.25, 0.3) is 0 Å². The van der Waals surface area contributed by atoms with Crippen LogP contribution in [-0.4, -0.2) is 64.2 Å². The SMILES string of the molecule is C[C@H](N[C@@H](CCCCC1CCNCC1)C(=O)O)C(=O)N1Cc2ccccc2C[C@H]1C(=O)O. The number of hydrogen-bond acceptors (Lipinski definition) is 5. The second-order valence-corrected chi connectivity index (χ2v) is 9.05. The smallest absolute Gasteiger partial charge is 0.326 e. The van der Waals surface area contributed by atoms with Crippen LogP contribution in [0.4, 0.5) is 0 Å². The number of amides is 1.